The summed E-state index contributed by atoms with van der Waals surface area (Å²) in [5.74, 6) is 0.909. The zero-order valence-corrected chi connectivity index (χ0v) is 11.2. The van der Waals surface area contributed by atoms with Crippen LogP contribution in [0.25, 0.3) is 0 Å². The fourth-order valence-corrected chi connectivity index (χ4v) is 1.98. The molecule has 4 nitrogen and oxygen atoms in total. The summed E-state index contributed by atoms with van der Waals surface area (Å²) >= 11 is 0. The third kappa shape index (κ3) is 4.50. The van der Waals surface area contributed by atoms with E-state index in [1.807, 2.05) is 37.4 Å². The van der Waals surface area contributed by atoms with E-state index in [1.54, 1.807) is 12.5 Å². The molecule has 0 saturated heterocycles. The molecule has 1 N–H and O–H groups in total. The van der Waals surface area contributed by atoms with Crippen molar-refractivity contribution in [3.63, 3.8) is 0 Å². The van der Waals surface area contributed by atoms with Gasteiger partial charge in [0.1, 0.15) is 5.76 Å². The molecule has 0 unspecified atom stereocenters. The molecule has 0 aliphatic rings. The highest BCUT2D eigenvalue weighted by molar-refractivity contribution is 5.08. The highest BCUT2D eigenvalue weighted by atomic mass is 16.3. The Labute approximate surface area is 113 Å². The number of pyridine rings is 1. The van der Waals surface area contributed by atoms with Crippen LogP contribution in [0.2, 0.25) is 0 Å². The quantitative estimate of drug-likeness (QED) is 0.830. The number of rotatable bonds is 7. The second-order valence-electron chi connectivity index (χ2n) is 4.67. The third-order valence-corrected chi connectivity index (χ3v) is 3.03. The number of aliphatic hydroxyl groups excluding tert-OH is 1. The van der Waals surface area contributed by atoms with E-state index in [0.29, 0.717) is 13.1 Å². The van der Waals surface area contributed by atoms with Crippen molar-refractivity contribution >= 4 is 0 Å². The maximum absolute atomic E-state index is 9.85. The lowest BCUT2D eigenvalue weighted by molar-refractivity contribution is 0.0973. The van der Waals surface area contributed by atoms with Crippen molar-refractivity contribution in [2.45, 2.75) is 32.5 Å². The maximum Gasteiger partial charge on any atom is 0.117 e. The summed E-state index contributed by atoms with van der Waals surface area (Å²) in [6, 6.07) is 7.81. The minimum Gasteiger partial charge on any atom is -0.468 e. The summed E-state index contributed by atoms with van der Waals surface area (Å²) in [6.45, 7) is 4.07. The molecule has 102 valence electrons. The first-order valence-electron chi connectivity index (χ1n) is 6.59. The van der Waals surface area contributed by atoms with Crippen LogP contribution < -0.4 is 0 Å². The Morgan fingerprint density at radius 2 is 2.21 bits per heavy atom. The number of furan rings is 1. The van der Waals surface area contributed by atoms with Crippen molar-refractivity contribution in [3.05, 3.63) is 54.2 Å². The van der Waals surface area contributed by atoms with Crippen molar-refractivity contribution in [2.24, 2.45) is 0 Å². The minimum atomic E-state index is -0.313. The van der Waals surface area contributed by atoms with Gasteiger partial charge in [0, 0.05) is 25.5 Å². The van der Waals surface area contributed by atoms with E-state index in [4.69, 9.17) is 4.42 Å². The molecule has 0 aliphatic carbocycles. The van der Waals surface area contributed by atoms with Gasteiger partial charge >= 0.3 is 0 Å². The summed E-state index contributed by atoms with van der Waals surface area (Å²) in [7, 11) is 0. The Hall–Kier alpha value is -1.65. The van der Waals surface area contributed by atoms with Crippen LogP contribution in [0.5, 0.6) is 0 Å². The number of nitrogens with zero attached hydrogens (tertiary/aromatic N) is 2. The van der Waals surface area contributed by atoms with E-state index < -0.39 is 0 Å². The van der Waals surface area contributed by atoms with Gasteiger partial charge in [-0.25, -0.2) is 0 Å². The van der Waals surface area contributed by atoms with E-state index in [1.165, 1.54) is 0 Å². The molecule has 0 fully saturated rings. The molecular weight excluding hydrogens is 240 g/mol. The number of hydrogen-bond donors (Lipinski definition) is 1. The van der Waals surface area contributed by atoms with Crippen LogP contribution in [0.1, 0.15) is 24.7 Å². The number of aliphatic hydroxyl groups is 1. The molecule has 2 heterocycles. The molecule has 4 heteroatoms. The second kappa shape index (κ2) is 7.07. The topological polar surface area (TPSA) is 49.5 Å². The average Bonchev–Trinajstić information content (AvgIpc) is 2.92. The molecular formula is C15H20N2O2. The molecule has 19 heavy (non-hydrogen) atoms. The van der Waals surface area contributed by atoms with Crippen molar-refractivity contribution in [2.75, 3.05) is 6.54 Å². The molecule has 0 spiro atoms. The average molecular weight is 260 g/mol. The highest BCUT2D eigenvalue weighted by Crippen LogP contribution is 2.11. The van der Waals surface area contributed by atoms with E-state index >= 15 is 0 Å². The van der Waals surface area contributed by atoms with Crippen molar-refractivity contribution in [1.82, 2.24) is 9.88 Å². The van der Waals surface area contributed by atoms with Crippen LogP contribution in [-0.2, 0) is 13.1 Å². The molecule has 0 aliphatic heterocycles. The van der Waals surface area contributed by atoms with Gasteiger partial charge in [-0.1, -0.05) is 13.0 Å². The van der Waals surface area contributed by atoms with Crippen molar-refractivity contribution in [3.8, 4) is 0 Å². The molecule has 2 aromatic rings. The standard InChI is InChI=1S/C15H20N2O2/c1-2-14(18)11-17(12-15-6-4-8-19-15)10-13-5-3-7-16-9-13/h3-9,14,18H,2,10-12H2,1H3/t14-/m1/s1. The van der Waals surface area contributed by atoms with Crippen molar-refractivity contribution in [1.29, 1.82) is 0 Å². The lowest BCUT2D eigenvalue weighted by atomic mass is 10.2. The fraction of sp³-hybridized carbons (Fsp3) is 0.400. The zero-order chi connectivity index (χ0) is 13.5. The van der Waals surface area contributed by atoms with E-state index in [-0.39, 0.29) is 6.10 Å². The van der Waals surface area contributed by atoms with Crippen LogP contribution in [0.3, 0.4) is 0 Å². The molecule has 0 aromatic carbocycles. The zero-order valence-electron chi connectivity index (χ0n) is 11.2. The van der Waals surface area contributed by atoms with Gasteiger partial charge in [0.15, 0.2) is 0 Å². The van der Waals surface area contributed by atoms with Gasteiger partial charge in [0.25, 0.3) is 0 Å². The van der Waals surface area contributed by atoms with E-state index in [9.17, 15) is 5.11 Å². The first-order valence-corrected chi connectivity index (χ1v) is 6.59. The van der Waals surface area contributed by atoms with Crippen LogP contribution in [-0.4, -0.2) is 27.6 Å². The molecule has 0 saturated carbocycles. The van der Waals surface area contributed by atoms with Crippen LogP contribution in [0.15, 0.2) is 47.3 Å². The van der Waals surface area contributed by atoms with Gasteiger partial charge < -0.3 is 9.52 Å². The fourth-order valence-electron chi connectivity index (χ4n) is 1.98. The van der Waals surface area contributed by atoms with Gasteiger partial charge in [-0.3, -0.25) is 9.88 Å². The van der Waals surface area contributed by atoms with Crippen LogP contribution in [0.4, 0.5) is 0 Å². The lowest BCUT2D eigenvalue weighted by Gasteiger charge is -2.23. The maximum atomic E-state index is 9.85. The van der Waals surface area contributed by atoms with Gasteiger partial charge in [-0.2, -0.15) is 0 Å². The Bertz CT molecular complexity index is 456. The van der Waals surface area contributed by atoms with E-state index in [0.717, 1.165) is 24.3 Å². The highest BCUT2D eigenvalue weighted by Gasteiger charge is 2.13. The summed E-state index contributed by atoms with van der Waals surface area (Å²) in [5, 5.41) is 9.85. The third-order valence-electron chi connectivity index (χ3n) is 3.03. The van der Waals surface area contributed by atoms with Crippen molar-refractivity contribution < 1.29 is 9.52 Å². The molecule has 0 bridgehead atoms. The molecule has 0 amide bonds. The predicted molar refractivity (Wildman–Crippen MR) is 73.4 cm³/mol. The monoisotopic (exact) mass is 260 g/mol. The largest absolute Gasteiger partial charge is 0.468 e. The predicted octanol–water partition coefficient (Wildman–Crippen LogP) is 2.45. The summed E-state index contributed by atoms with van der Waals surface area (Å²) in [4.78, 5) is 6.29. The SMILES string of the molecule is CC[C@@H](O)CN(Cc1cccnc1)Cc1ccco1. The first kappa shape index (κ1) is 13.8. The van der Waals surface area contributed by atoms with Crippen LogP contribution >= 0.6 is 0 Å². The number of aromatic nitrogens is 1. The van der Waals surface area contributed by atoms with E-state index in [2.05, 4.69) is 9.88 Å². The molecule has 1 atom stereocenters. The Kier molecular flexibility index (Phi) is 5.12. The Morgan fingerprint density at radius 3 is 2.84 bits per heavy atom. The summed E-state index contributed by atoms with van der Waals surface area (Å²) in [6.07, 6.45) is 5.73. The Morgan fingerprint density at radius 1 is 1.32 bits per heavy atom. The second-order valence-corrected chi connectivity index (χ2v) is 4.67. The molecule has 2 aromatic heterocycles. The van der Waals surface area contributed by atoms with Gasteiger partial charge in [0.2, 0.25) is 0 Å². The summed E-state index contributed by atoms with van der Waals surface area (Å²) in [5.41, 5.74) is 1.14. The summed E-state index contributed by atoms with van der Waals surface area (Å²) < 4.78 is 5.38. The minimum absolute atomic E-state index is 0.313. The molecule has 2 rings (SSSR count). The normalized spacial score (nSPS) is 12.8. The smallest absolute Gasteiger partial charge is 0.117 e. The van der Waals surface area contributed by atoms with Gasteiger partial charge in [-0.15, -0.1) is 0 Å². The molecule has 0 radical (unpaired) electrons. The van der Waals surface area contributed by atoms with Crippen LogP contribution in [0, 0.1) is 0 Å². The lowest BCUT2D eigenvalue weighted by Crippen LogP contribution is -2.31. The first-order chi connectivity index (χ1) is 9.28. The van der Waals surface area contributed by atoms with Gasteiger partial charge in [-0.05, 0) is 30.2 Å². The number of hydrogen-bond acceptors (Lipinski definition) is 4. The van der Waals surface area contributed by atoms with Gasteiger partial charge in [0.05, 0.1) is 18.9 Å². The Balaban J connectivity index is 2.01.